The van der Waals surface area contributed by atoms with E-state index in [-0.39, 0.29) is 12.4 Å². The highest BCUT2D eigenvalue weighted by molar-refractivity contribution is 5.78. The number of amidine groups is 1. The maximum atomic E-state index is 8.70. The maximum Gasteiger partial charge on any atom is 0.105 e. The second-order valence-electron chi connectivity index (χ2n) is 2.88. The molecule has 0 amide bonds. The van der Waals surface area contributed by atoms with Crippen molar-refractivity contribution >= 4 is 5.84 Å². The lowest BCUT2D eigenvalue weighted by Gasteiger charge is -2.19. The molecule has 0 radical (unpaired) electrons. The Bertz CT molecular complexity index is 127. The van der Waals surface area contributed by atoms with Crippen LogP contribution in [0, 0.1) is 5.41 Å². The zero-order valence-corrected chi connectivity index (χ0v) is 7.71. The van der Waals surface area contributed by atoms with Crippen molar-refractivity contribution in [2.24, 2.45) is 5.73 Å². The van der Waals surface area contributed by atoms with E-state index in [9.17, 15) is 0 Å². The summed E-state index contributed by atoms with van der Waals surface area (Å²) in [5, 5.41) is 15.8. The third-order valence-corrected chi connectivity index (χ3v) is 1.64. The number of hydrogen-bond donors (Lipinski definition) is 3. The molecular weight excluding hydrogens is 154 g/mol. The fourth-order valence-electron chi connectivity index (χ4n) is 1.03. The Morgan fingerprint density at radius 1 is 1.50 bits per heavy atom. The number of unbranched alkanes of at least 4 members (excludes halogenated alkanes) is 1. The van der Waals surface area contributed by atoms with Gasteiger partial charge in [0.1, 0.15) is 5.84 Å². The van der Waals surface area contributed by atoms with Crippen molar-refractivity contribution < 1.29 is 5.11 Å². The van der Waals surface area contributed by atoms with E-state index < -0.39 is 0 Å². The van der Waals surface area contributed by atoms with Crippen LogP contribution in [0.15, 0.2) is 0 Å². The van der Waals surface area contributed by atoms with Crippen molar-refractivity contribution in [3.63, 3.8) is 0 Å². The lowest BCUT2D eigenvalue weighted by Crippen LogP contribution is -2.36. The van der Waals surface area contributed by atoms with E-state index in [2.05, 4.69) is 6.92 Å². The average Bonchev–Trinajstić information content (AvgIpc) is 2.00. The maximum absolute atomic E-state index is 8.70. The fraction of sp³-hybridized carbons (Fsp3) is 0.875. The highest BCUT2D eigenvalue weighted by Crippen LogP contribution is 1.93. The summed E-state index contributed by atoms with van der Waals surface area (Å²) in [6.45, 7) is 4.25. The van der Waals surface area contributed by atoms with Gasteiger partial charge >= 0.3 is 0 Å². The normalized spacial score (nSPS) is 10.6. The molecule has 0 bridgehead atoms. The molecule has 4 nitrogen and oxygen atoms in total. The Labute approximate surface area is 73.9 Å². The number of nitrogens with zero attached hydrogens (tertiary/aromatic N) is 1. The quantitative estimate of drug-likeness (QED) is 0.375. The summed E-state index contributed by atoms with van der Waals surface area (Å²) in [5.74, 6) is 0.166. The van der Waals surface area contributed by atoms with Gasteiger partial charge in [-0.1, -0.05) is 13.3 Å². The second kappa shape index (κ2) is 7.06. The van der Waals surface area contributed by atoms with Gasteiger partial charge in [-0.15, -0.1) is 0 Å². The molecule has 0 aliphatic carbocycles. The van der Waals surface area contributed by atoms with Gasteiger partial charge in [0, 0.05) is 6.54 Å². The van der Waals surface area contributed by atoms with E-state index in [1.807, 2.05) is 4.90 Å². The zero-order chi connectivity index (χ0) is 9.40. The van der Waals surface area contributed by atoms with Crippen LogP contribution in [-0.2, 0) is 0 Å². The van der Waals surface area contributed by atoms with Crippen LogP contribution in [0.25, 0.3) is 0 Å². The highest BCUT2D eigenvalue weighted by atomic mass is 16.3. The Kier molecular flexibility index (Phi) is 6.70. The third-order valence-electron chi connectivity index (χ3n) is 1.64. The van der Waals surface area contributed by atoms with Crippen molar-refractivity contribution in [1.82, 2.24) is 4.90 Å². The third kappa shape index (κ3) is 6.12. The standard InChI is InChI=1S/C8H19N3O/c1-2-3-4-11(5-6-12)7-8(9)10/h12H,2-7H2,1H3,(H3,9,10). The van der Waals surface area contributed by atoms with Crippen molar-refractivity contribution in [3.05, 3.63) is 0 Å². The molecule has 0 atom stereocenters. The molecule has 0 aromatic rings. The predicted octanol–water partition coefficient (Wildman–Crippen LogP) is 0.0168. The van der Waals surface area contributed by atoms with Crippen molar-refractivity contribution in [2.75, 3.05) is 26.2 Å². The van der Waals surface area contributed by atoms with Gasteiger partial charge in [0.15, 0.2) is 0 Å². The molecule has 0 saturated heterocycles. The smallest absolute Gasteiger partial charge is 0.105 e. The molecule has 4 N–H and O–H groups in total. The molecule has 0 fully saturated rings. The summed E-state index contributed by atoms with van der Waals surface area (Å²) in [4.78, 5) is 1.99. The number of nitrogens with two attached hydrogens (primary N) is 1. The minimum Gasteiger partial charge on any atom is -0.395 e. The van der Waals surface area contributed by atoms with Crippen LogP contribution < -0.4 is 5.73 Å². The molecule has 0 aromatic carbocycles. The van der Waals surface area contributed by atoms with Gasteiger partial charge in [0.25, 0.3) is 0 Å². The molecule has 0 aliphatic rings. The second-order valence-corrected chi connectivity index (χ2v) is 2.88. The van der Waals surface area contributed by atoms with Crippen molar-refractivity contribution in [3.8, 4) is 0 Å². The van der Waals surface area contributed by atoms with Crippen LogP contribution >= 0.6 is 0 Å². The SMILES string of the molecule is CCCCN(CCO)CC(=N)N. The highest BCUT2D eigenvalue weighted by Gasteiger charge is 2.03. The van der Waals surface area contributed by atoms with Crippen molar-refractivity contribution in [1.29, 1.82) is 5.41 Å². The summed E-state index contributed by atoms with van der Waals surface area (Å²) in [6, 6.07) is 0. The van der Waals surface area contributed by atoms with E-state index in [4.69, 9.17) is 16.2 Å². The first-order valence-electron chi connectivity index (χ1n) is 4.36. The number of rotatable bonds is 7. The van der Waals surface area contributed by atoms with Gasteiger partial charge in [-0.25, -0.2) is 0 Å². The van der Waals surface area contributed by atoms with Crippen LogP contribution in [0.1, 0.15) is 19.8 Å². The molecule has 0 saturated carbocycles. The van der Waals surface area contributed by atoms with E-state index in [1.54, 1.807) is 0 Å². The molecule has 0 aliphatic heterocycles. The molecule has 4 heteroatoms. The van der Waals surface area contributed by atoms with Gasteiger partial charge < -0.3 is 10.8 Å². The first-order valence-corrected chi connectivity index (χ1v) is 4.36. The van der Waals surface area contributed by atoms with E-state index in [0.29, 0.717) is 13.1 Å². The minimum atomic E-state index is 0.136. The molecule has 0 spiro atoms. The van der Waals surface area contributed by atoms with Gasteiger partial charge in [0.05, 0.1) is 13.2 Å². The Morgan fingerprint density at radius 2 is 2.17 bits per heavy atom. The van der Waals surface area contributed by atoms with Crippen molar-refractivity contribution in [2.45, 2.75) is 19.8 Å². The average molecular weight is 173 g/mol. The number of aliphatic hydroxyl groups is 1. The Balaban J connectivity index is 3.61. The fourth-order valence-corrected chi connectivity index (χ4v) is 1.03. The van der Waals surface area contributed by atoms with Gasteiger partial charge in [-0.3, -0.25) is 10.3 Å². The van der Waals surface area contributed by atoms with Gasteiger partial charge in [-0.05, 0) is 13.0 Å². The molecule has 0 unspecified atom stereocenters. The molecular formula is C8H19N3O. The van der Waals surface area contributed by atoms with E-state index in [0.717, 1.165) is 19.4 Å². The predicted molar refractivity (Wildman–Crippen MR) is 50.3 cm³/mol. The summed E-state index contributed by atoms with van der Waals surface area (Å²) in [6.07, 6.45) is 2.22. The van der Waals surface area contributed by atoms with Gasteiger partial charge in [0.2, 0.25) is 0 Å². The molecule has 0 rings (SSSR count). The summed E-state index contributed by atoms with van der Waals surface area (Å²) < 4.78 is 0. The molecule has 0 aromatic heterocycles. The van der Waals surface area contributed by atoms with Crippen LogP contribution in [0.4, 0.5) is 0 Å². The molecule has 72 valence electrons. The monoisotopic (exact) mass is 173 g/mol. The number of nitrogens with one attached hydrogen (secondary N) is 1. The van der Waals surface area contributed by atoms with E-state index >= 15 is 0 Å². The van der Waals surface area contributed by atoms with E-state index in [1.165, 1.54) is 0 Å². The summed E-state index contributed by atoms with van der Waals surface area (Å²) in [5.41, 5.74) is 5.26. The largest absolute Gasteiger partial charge is 0.395 e. The zero-order valence-electron chi connectivity index (χ0n) is 7.71. The lowest BCUT2D eigenvalue weighted by molar-refractivity contribution is 0.210. The lowest BCUT2D eigenvalue weighted by atomic mass is 10.3. The first kappa shape index (κ1) is 11.4. The summed E-state index contributed by atoms with van der Waals surface area (Å²) in [7, 11) is 0. The van der Waals surface area contributed by atoms with Crippen LogP contribution in [0.5, 0.6) is 0 Å². The van der Waals surface area contributed by atoms with Crippen LogP contribution in [0.2, 0.25) is 0 Å². The topological polar surface area (TPSA) is 73.3 Å². The molecule has 12 heavy (non-hydrogen) atoms. The summed E-state index contributed by atoms with van der Waals surface area (Å²) >= 11 is 0. The first-order chi connectivity index (χ1) is 5.70. The Hall–Kier alpha value is -0.610. The van der Waals surface area contributed by atoms with Gasteiger partial charge in [-0.2, -0.15) is 0 Å². The van der Waals surface area contributed by atoms with Crippen LogP contribution in [0.3, 0.4) is 0 Å². The number of aliphatic hydroxyl groups excluding tert-OH is 1. The molecule has 0 heterocycles. The Morgan fingerprint density at radius 3 is 2.58 bits per heavy atom. The minimum absolute atomic E-state index is 0.136. The number of hydrogen-bond acceptors (Lipinski definition) is 3. The van der Waals surface area contributed by atoms with Crippen LogP contribution in [-0.4, -0.2) is 42.1 Å².